The molecule has 1 heterocycles. The zero-order valence-corrected chi connectivity index (χ0v) is 19.9. The van der Waals surface area contributed by atoms with E-state index in [1.807, 2.05) is 0 Å². The largest absolute Gasteiger partial charge is 0.497 e. The Morgan fingerprint density at radius 2 is 1.79 bits per heavy atom. The second-order valence-corrected chi connectivity index (χ2v) is 7.21. The summed E-state index contributed by atoms with van der Waals surface area (Å²) in [6.07, 6.45) is 1.75. The molecule has 0 saturated heterocycles. The van der Waals surface area contributed by atoms with Gasteiger partial charge < -0.3 is 25.1 Å². The molecule has 0 aliphatic heterocycles. The molecular formula is C20H30IN5O3. The van der Waals surface area contributed by atoms with Crippen molar-refractivity contribution in [2.45, 2.75) is 32.7 Å². The van der Waals surface area contributed by atoms with Crippen molar-refractivity contribution in [2.24, 2.45) is 4.99 Å². The fourth-order valence-electron chi connectivity index (χ4n) is 2.32. The number of aliphatic imine (C=N–C) groups is 1. The average molecular weight is 515 g/mol. The molecule has 2 aromatic rings. The smallest absolute Gasteiger partial charge is 0.251 e. The first-order valence-corrected chi connectivity index (χ1v) is 9.15. The molecule has 0 saturated carbocycles. The number of aromatic nitrogens is 1. The highest BCUT2D eigenvalue weighted by Crippen LogP contribution is 2.22. The summed E-state index contributed by atoms with van der Waals surface area (Å²) in [5, 5.41) is 9.13. The zero-order chi connectivity index (χ0) is 20.6. The van der Waals surface area contributed by atoms with Crippen LogP contribution in [0.25, 0.3) is 0 Å². The van der Waals surface area contributed by atoms with Gasteiger partial charge in [-0.05, 0) is 24.3 Å². The molecule has 0 aliphatic rings. The summed E-state index contributed by atoms with van der Waals surface area (Å²) in [7, 11) is 3.27. The Bertz CT molecular complexity index is 797. The number of hydrogen-bond donors (Lipinski definition) is 3. The number of oxazole rings is 1. The minimum atomic E-state index is -0.137. The quantitative estimate of drug-likeness (QED) is 0.227. The van der Waals surface area contributed by atoms with Crippen molar-refractivity contribution in [3.63, 3.8) is 0 Å². The van der Waals surface area contributed by atoms with Gasteiger partial charge in [0.2, 0.25) is 5.89 Å². The van der Waals surface area contributed by atoms with E-state index in [1.54, 1.807) is 44.6 Å². The molecule has 0 radical (unpaired) electrons. The number of carbonyl (C=O) groups is 1. The van der Waals surface area contributed by atoms with E-state index in [2.05, 4.69) is 46.7 Å². The van der Waals surface area contributed by atoms with E-state index in [9.17, 15) is 4.79 Å². The molecule has 1 aromatic heterocycles. The first-order chi connectivity index (χ1) is 13.3. The summed E-state index contributed by atoms with van der Waals surface area (Å²) < 4.78 is 10.8. The first-order valence-electron chi connectivity index (χ1n) is 9.15. The molecule has 0 bridgehead atoms. The number of methoxy groups -OCH3 is 1. The monoisotopic (exact) mass is 515 g/mol. The zero-order valence-electron chi connectivity index (χ0n) is 17.5. The number of benzene rings is 1. The molecule has 3 N–H and O–H groups in total. The molecule has 8 nitrogen and oxygen atoms in total. The van der Waals surface area contributed by atoms with Crippen LogP contribution in [0.2, 0.25) is 0 Å². The molecule has 0 atom stereocenters. The van der Waals surface area contributed by atoms with Crippen LogP contribution < -0.4 is 20.7 Å². The predicted octanol–water partition coefficient (Wildman–Crippen LogP) is 2.69. The molecule has 1 amide bonds. The van der Waals surface area contributed by atoms with Gasteiger partial charge in [0.15, 0.2) is 5.96 Å². The fourth-order valence-corrected chi connectivity index (χ4v) is 2.32. The molecule has 0 fully saturated rings. The third kappa shape index (κ3) is 7.92. The Labute approximate surface area is 188 Å². The van der Waals surface area contributed by atoms with Crippen LogP contribution in [0, 0.1) is 0 Å². The fraction of sp³-hybridized carbons (Fsp3) is 0.450. The Hall–Kier alpha value is -2.30. The molecule has 9 heteroatoms. The van der Waals surface area contributed by atoms with Gasteiger partial charge in [0.05, 0.1) is 19.9 Å². The maximum absolute atomic E-state index is 12.1. The van der Waals surface area contributed by atoms with Gasteiger partial charge in [-0.25, -0.2) is 4.98 Å². The normalized spacial score (nSPS) is 11.4. The van der Waals surface area contributed by atoms with Crippen molar-refractivity contribution in [3.8, 4) is 5.75 Å². The Kier molecular flexibility index (Phi) is 9.93. The van der Waals surface area contributed by atoms with Gasteiger partial charge in [-0.2, -0.15) is 0 Å². The third-order valence-corrected chi connectivity index (χ3v) is 3.98. The van der Waals surface area contributed by atoms with Crippen LogP contribution in [-0.2, 0) is 12.0 Å². The summed E-state index contributed by atoms with van der Waals surface area (Å²) in [5.41, 5.74) is 0.509. The lowest BCUT2D eigenvalue weighted by molar-refractivity contribution is 0.0954. The van der Waals surface area contributed by atoms with Crippen molar-refractivity contribution in [3.05, 3.63) is 47.7 Å². The number of rotatable bonds is 7. The van der Waals surface area contributed by atoms with Gasteiger partial charge in [0.1, 0.15) is 11.5 Å². The van der Waals surface area contributed by atoms with Crippen LogP contribution in [-0.4, -0.2) is 44.1 Å². The Morgan fingerprint density at radius 1 is 1.14 bits per heavy atom. The van der Waals surface area contributed by atoms with Gasteiger partial charge in [-0.1, -0.05) is 20.8 Å². The van der Waals surface area contributed by atoms with Gasteiger partial charge >= 0.3 is 0 Å². The summed E-state index contributed by atoms with van der Waals surface area (Å²) in [6.45, 7) is 7.63. The van der Waals surface area contributed by atoms with Crippen LogP contribution in [0.15, 0.2) is 39.9 Å². The van der Waals surface area contributed by atoms with Gasteiger partial charge in [-0.3, -0.25) is 9.79 Å². The number of carbonyl (C=O) groups excluding carboxylic acids is 1. The lowest BCUT2D eigenvalue weighted by Gasteiger charge is -2.13. The Morgan fingerprint density at radius 3 is 2.34 bits per heavy atom. The van der Waals surface area contributed by atoms with E-state index in [0.717, 1.165) is 5.76 Å². The van der Waals surface area contributed by atoms with E-state index in [0.29, 0.717) is 42.8 Å². The highest BCUT2D eigenvalue weighted by Gasteiger charge is 2.19. The number of hydrogen-bond acceptors (Lipinski definition) is 5. The molecule has 1 aromatic carbocycles. The van der Waals surface area contributed by atoms with Crippen molar-refractivity contribution in [2.75, 3.05) is 27.2 Å². The van der Waals surface area contributed by atoms with Crippen LogP contribution in [0.1, 0.15) is 42.8 Å². The SMILES string of the molecule is CN=C(NCCNC(=O)c1ccc(OC)cc1)NCc1ncc(C(C)(C)C)o1.I. The highest BCUT2D eigenvalue weighted by atomic mass is 127. The maximum atomic E-state index is 12.1. The number of nitrogens with zero attached hydrogens (tertiary/aromatic N) is 2. The number of halogens is 1. The van der Waals surface area contributed by atoms with Crippen molar-refractivity contribution in [1.82, 2.24) is 20.9 Å². The van der Waals surface area contributed by atoms with Gasteiger partial charge in [0, 0.05) is 31.1 Å². The number of amides is 1. The number of guanidine groups is 1. The van der Waals surface area contributed by atoms with Crippen LogP contribution in [0.4, 0.5) is 0 Å². The second-order valence-electron chi connectivity index (χ2n) is 7.21. The number of nitrogens with one attached hydrogen (secondary N) is 3. The molecule has 0 aliphatic carbocycles. The molecule has 0 spiro atoms. The standard InChI is InChI=1S/C20H29N5O3.HI/c1-20(2,3)16-12-24-17(28-16)13-25-19(21-4)23-11-10-22-18(26)14-6-8-15(27-5)9-7-14;/h6-9,12H,10-11,13H2,1-5H3,(H,22,26)(H2,21,23,25);1H. The van der Waals surface area contributed by atoms with E-state index < -0.39 is 0 Å². The molecule has 0 unspecified atom stereocenters. The maximum Gasteiger partial charge on any atom is 0.251 e. The lowest BCUT2D eigenvalue weighted by Crippen LogP contribution is -2.41. The van der Waals surface area contributed by atoms with Crippen molar-refractivity contribution in [1.29, 1.82) is 0 Å². The second kappa shape index (κ2) is 11.6. The van der Waals surface area contributed by atoms with E-state index in [-0.39, 0.29) is 35.3 Å². The average Bonchev–Trinajstić information content (AvgIpc) is 3.17. The Balaban J connectivity index is 0.00000420. The summed E-state index contributed by atoms with van der Waals surface area (Å²) in [5.74, 6) is 2.62. The van der Waals surface area contributed by atoms with Gasteiger partial charge in [0.25, 0.3) is 5.91 Å². The summed E-state index contributed by atoms with van der Waals surface area (Å²) in [4.78, 5) is 20.5. The third-order valence-electron chi connectivity index (χ3n) is 3.98. The molecule has 160 valence electrons. The van der Waals surface area contributed by atoms with Crippen LogP contribution in [0.3, 0.4) is 0 Å². The molecule has 29 heavy (non-hydrogen) atoms. The molecule has 2 rings (SSSR count). The number of ether oxygens (including phenoxy) is 1. The van der Waals surface area contributed by atoms with Crippen molar-refractivity contribution >= 4 is 35.8 Å². The van der Waals surface area contributed by atoms with Crippen LogP contribution in [0.5, 0.6) is 5.75 Å². The first kappa shape index (κ1) is 24.7. The predicted molar refractivity (Wildman–Crippen MR) is 124 cm³/mol. The topological polar surface area (TPSA) is 101 Å². The molecular weight excluding hydrogens is 485 g/mol. The van der Waals surface area contributed by atoms with E-state index >= 15 is 0 Å². The van der Waals surface area contributed by atoms with Gasteiger partial charge in [-0.15, -0.1) is 24.0 Å². The minimum Gasteiger partial charge on any atom is -0.497 e. The van der Waals surface area contributed by atoms with Crippen molar-refractivity contribution < 1.29 is 13.9 Å². The van der Waals surface area contributed by atoms with E-state index in [4.69, 9.17) is 9.15 Å². The summed E-state index contributed by atoms with van der Waals surface area (Å²) >= 11 is 0. The summed E-state index contributed by atoms with van der Waals surface area (Å²) in [6, 6.07) is 6.97. The van der Waals surface area contributed by atoms with E-state index in [1.165, 1.54) is 0 Å². The minimum absolute atomic E-state index is 0. The van der Waals surface area contributed by atoms with Crippen LogP contribution >= 0.6 is 24.0 Å². The lowest BCUT2D eigenvalue weighted by atomic mass is 9.94. The highest BCUT2D eigenvalue weighted by molar-refractivity contribution is 14.0.